The van der Waals surface area contributed by atoms with Crippen molar-refractivity contribution >= 4 is 33.5 Å². The monoisotopic (exact) mass is 277 g/mol. The molecule has 0 amide bonds. The van der Waals surface area contributed by atoms with E-state index in [4.69, 9.17) is 22.4 Å². The summed E-state index contributed by atoms with van der Waals surface area (Å²) in [6.07, 6.45) is 0.218. The van der Waals surface area contributed by atoms with E-state index in [-0.39, 0.29) is 6.42 Å². The van der Waals surface area contributed by atoms with E-state index in [9.17, 15) is 4.79 Å². The molecule has 76 valence electrons. The predicted octanol–water partition coefficient (Wildman–Crippen LogP) is 2.06. The average Bonchev–Trinajstić information content (AvgIpc) is 2.11. The minimum atomic E-state index is -1.03. The lowest BCUT2D eigenvalue weighted by molar-refractivity contribution is -0.138. The fraction of sp³-hybridized carbons (Fsp3) is 0.222. The first-order valence-electron chi connectivity index (χ1n) is 3.93. The van der Waals surface area contributed by atoms with Gasteiger partial charge in [-0.15, -0.1) is 0 Å². The van der Waals surface area contributed by atoms with Crippen molar-refractivity contribution in [1.82, 2.24) is 0 Å². The molecule has 0 aliphatic rings. The van der Waals surface area contributed by atoms with Crippen LogP contribution in [0.15, 0.2) is 22.7 Å². The summed E-state index contributed by atoms with van der Waals surface area (Å²) >= 11 is 9.19. The number of rotatable bonds is 3. The topological polar surface area (TPSA) is 63.3 Å². The smallest absolute Gasteiger partial charge is 0.320 e. The van der Waals surface area contributed by atoms with Gasteiger partial charge in [0.25, 0.3) is 0 Å². The Bertz CT molecular complexity index is 336. The molecule has 0 fully saturated rings. The van der Waals surface area contributed by atoms with Crippen molar-refractivity contribution in [2.75, 3.05) is 0 Å². The molecule has 0 aromatic heterocycles. The molecular weight excluding hydrogens is 269 g/mol. The Labute approximate surface area is 95.0 Å². The third-order valence-corrected chi connectivity index (χ3v) is 2.90. The van der Waals surface area contributed by atoms with Gasteiger partial charge in [-0.05, 0) is 17.7 Å². The number of hydrogen-bond acceptors (Lipinski definition) is 2. The van der Waals surface area contributed by atoms with Crippen molar-refractivity contribution < 1.29 is 9.90 Å². The number of benzene rings is 1. The largest absolute Gasteiger partial charge is 0.480 e. The highest BCUT2D eigenvalue weighted by Gasteiger charge is 2.15. The number of halogens is 2. The van der Waals surface area contributed by atoms with Crippen molar-refractivity contribution in [1.29, 1.82) is 0 Å². The molecule has 0 radical (unpaired) electrons. The first kappa shape index (κ1) is 11.5. The Hall–Kier alpha value is -0.580. The van der Waals surface area contributed by atoms with Crippen molar-refractivity contribution in [2.24, 2.45) is 5.73 Å². The van der Waals surface area contributed by atoms with E-state index in [1.54, 1.807) is 18.2 Å². The molecule has 1 aromatic carbocycles. The standard InChI is InChI=1S/C9H9BrClNO2/c10-6-2-1-3-7(11)5(6)4-8(12)9(13)14/h1-3,8H,4,12H2,(H,13,14)/t8-/m0/s1. The van der Waals surface area contributed by atoms with Gasteiger partial charge in [0.05, 0.1) is 0 Å². The second kappa shape index (κ2) is 4.77. The van der Waals surface area contributed by atoms with E-state index in [1.807, 2.05) is 0 Å². The van der Waals surface area contributed by atoms with Gasteiger partial charge in [0.2, 0.25) is 0 Å². The molecule has 1 atom stereocenters. The van der Waals surface area contributed by atoms with Crippen LogP contribution < -0.4 is 5.73 Å². The second-order valence-corrected chi connectivity index (χ2v) is 4.11. The SMILES string of the molecule is N[C@@H](Cc1c(Cl)cccc1Br)C(=O)O. The van der Waals surface area contributed by atoms with E-state index in [1.165, 1.54) is 0 Å². The van der Waals surface area contributed by atoms with Crippen LogP contribution in [0, 0.1) is 0 Å². The molecule has 0 saturated carbocycles. The van der Waals surface area contributed by atoms with Crippen molar-refractivity contribution in [3.8, 4) is 0 Å². The molecule has 3 nitrogen and oxygen atoms in total. The minimum Gasteiger partial charge on any atom is -0.480 e. The van der Waals surface area contributed by atoms with E-state index < -0.39 is 12.0 Å². The molecular formula is C9H9BrClNO2. The number of carboxylic acid groups (broad SMARTS) is 1. The fourth-order valence-electron chi connectivity index (χ4n) is 1.03. The minimum absolute atomic E-state index is 0.218. The molecule has 0 saturated heterocycles. The van der Waals surface area contributed by atoms with E-state index >= 15 is 0 Å². The quantitative estimate of drug-likeness (QED) is 0.889. The van der Waals surface area contributed by atoms with Crippen molar-refractivity contribution in [2.45, 2.75) is 12.5 Å². The van der Waals surface area contributed by atoms with Gasteiger partial charge in [0.15, 0.2) is 0 Å². The van der Waals surface area contributed by atoms with Gasteiger partial charge in [-0.25, -0.2) is 0 Å². The van der Waals surface area contributed by atoms with Crippen molar-refractivity contribution in [3.05, 3.63) is 33.3 Å². The van der Waals surface area contributed by atoms with Crippen LogP contribution in [-0.2, 0) is 11.2 Å². The molecule has 0 bridgehead atoms. The highest BCUT2D eigenvalue weighted by Crippen LogP contribution is 2.25. The number of carboxylic acids is 1. The fourth-order valence-corrected chi connectivity index (χ4v) is 1.93. The maximum absolute atomic E-state index is 10.5. The van der Waals surface area contributed by atoms with Crippen LogP contribution in [0.3, 0.4) is 0 Å². The molecule has 0 spiro atoms. The molecule has 0 aliphatic heterocycles. The summed E-state index contributed by atoms with van der Waals surface area (Å²) in [7, 11) is 0. The Morgan fingerprint density at radius 3 is 2.79 bits per heavy atom. The van der Waals surface area contributed by atoms with E-state index in [0.717, 1.165) is 10.0 Å². The number of carbonyl (C=O) groups is 1. The summed E-state index contributed by atoms with van der Waals surface area (Å²) in [5, 5.41) is 9.17. The van der Waals surface area contributed by atoms with Crippen LogP contribution in [-0.4, -0.2) is 17.1 Å². The second-order valence-electron chi connectivity index (χ2n) is 2.85. The molecule has 5 heteroatoms. The zero-order valence-electron chi connectivity index (χ0n) is 7.21. The van der Waals surface area contributed by atoms with Crippen LogP contribution in [0.4, 0.5) is 0 Å². The summed E-state index contributed by atoms with van der Waals surface area (Å²) in [5.74, 6) is -1.03. The van der Waals surface area contributed by atoms with Gasteiger partial charge in [-0.3, -0.25) is 4.79 Å². The highest BCUT2D eigenvalue weighted by atomic mass is 79.9. The van der Waals surface area contributed by atoms with Crippen LogP contribution in [0.1, 0.15) is 5.56 Å². The Morgan fingerprint density at radius 1 is 1.64 bits per heavy atom. The van der Waals surface area contributed by atoms with Gasteiger partial charge in [-0.1, -0.05) is 33.6 Å². The molecule has 1 rings (SSSR count). The van der Waals surface area contributed by atoms with Crippen LogP contribution in [0.2, 0.25) is 5.02 Å². The summed E-state index contributed by atoms with van der Waals surface area (Å²) in [6, 6.07) is 4.36. The average molecular weight is 279 g/mol. The molecule has 14 heavy (non-hydrogen) atoms. The lowest BCUT2D eigenvalue weighted by Crippen LogP contribution is -2.32. The van der Waals surface area contributed by atoms with E-state index in [0.29, 0.717) is 5.02 Å². The summed E-state index contributed by atoms with van der Waals surface area (Å²) in [6.45, 7) is 0. The maximum Gasteiger partial charge on any atom is 0.320 e. The summed E-state index contributed by atoms with van der Waals surface area (Å²) < 4.78 is 0.779. The molecule has 0 heterocycles. The molecule has 0 aliphatic carbocycles. The third-order valence-electron chi connectivity index (χ3n) is 1.80. The lowest BCUT2D eigenvalue weighted by Gasteiger charge is -2.09. The number of hydrogen-bond donors (Lipinski definition) is 2. The number of nitrogens with two attached hydrogens (primary N) is 1. The molecule has 3 N–H and O–H groups in total. The van der Waals surface area contributed by atoms with Gasteiger partial charge in [0, 0.05) is 15.9 Å². The highest BCUT2D eigenvalue weighted by molar-refractivity contribution is 9.10. The molecule has 0 unspecified atom stereocenters. The van der Waals surface area contributed by atoms with Gasteiger partial charge in [-0.2, -0.15) is 0 Å². The van der Waals surface area contributed by atoms with Gasteiger partial charge in [0.1, 0.15) is 6.04 Å². The summed E-state index contributed by atoms with van der Waals surface area (Å²) in [5.41, 5.74) is 6.13. The Kier molecular flexibility index (Phi) is 3.92. The Balaban J connectivity index is 2.91. The van der Waals surface area contributed by atoms with Crippen LogP contribution >= 0.6 is 27.5 Å². The zero-order chi connectivity index (χ0) is 10.7. The van der Waals surface area contributed by atoms with Crippen LogP contribution in [0.5, 0.6) is 0 Å². The van der Waals surface area contributed by atoms with E-state index in [2.05, 4.69) is 15.9 Å². The lowest BCUT2D eigenvalue weighted by atomic mass is 10.1. The van der Waals surface area contributed by atoms with Crippen molar-refractivity contribution in [3.63, 3.8) is 0 Å². The Morgan fingerprint density at radius 2 is 2.29 bits per heavy atom. The maximum atomic E-state index is 10.5. The number of aliphatic carboxylic acids is 1. The molecule has 1 aromatic rings. The third kappa shape index (κ3) is 2.70. The van der Waals surface area contributed by atoms with Crippen LogP contribution in [0.25, 0.3) is 0 Å². The zero-order valence-corrected chi connectivity index (χ0v) is 9.55. The van der Waals surface area contributed by atoms with Gasteiger partial charge < -0.3 is 10.8 Å². The first-order valence-corrected chi connectivity index (χ1v) is 5.10. The first-order chi connectivity index (χ1) is 6.52. The normalized spacial score (nSPS) is 12.5. The summed E-state index contributed by atoms with van der Waals surface area (Å²) in [4.78, 5) is 10.5. The predicted molar refractivity (Wildman–Crippen MR) is 58.5 cm³/mol. The van der Waals surface area contributed by atoms with Gasteiger partial charge >= 0.3 is 5.97 Å².